The summed E-state index contributed by atoms with van der Waals surface area (Å²) in [5, 5.41) is 15.1. The number of amides is 1. The second-order valence-electron chi connectivity index (χ2n) is 5.12. The largest absolute Gasteiger partial charge is 0.493 e. The number of aryl methyl sites for hydroxylation is 1. The number of nitrogens with one attached hydrogen (secondary N) is 1. The topological polar surface area (TPSA) is 81.9 Å². The molecule has 1 amide bonds. The maximum atomic E-state index is 12.9. The fourth-order valence-corrected chi connectivity index (χ4v) is 2.71. The van der Waals surface area contributed by atoms with Gasteiger partial charge in [0.1, 0.15) is 5.01 Å². The van der Waals surface area contributed by atoms with Crippen molar-refractivity contribution in [2.75, 3.05) is 12.4 Å². The van der Waals surface area contributed by atoms with Gasteiger partial charge in [-0.15, -0.1) is 10.2 Å². The van der Waals surface area contributed by atoms with Crippen LogP contribution in [-0.4, -0.2) is 33.0 Å². The quantitative estimate of drug-likeness (QED) is 0.748. The van der Waals surface area contributed by atoms with Crippen LogP contribution in [0.5, 0.6) is 5.75 Å². The Hall–Kier alpha value is -2.95. The minimum atomic E-state index is -4.48. The van der Waals surface area contributed by atoms with Crippen LogP contribution in [0.3, 0.4) is 0 Å². The summed E-state index contributed by atoms with van der Waals surface area (Å²) in [5.74, 6) is -0.495. The number of carbonyl (C=O) groups is 1. The molecule has 1 N–H and O–H groups in total. The molecular weight excluding hydrogens is 371 g/mol. The SMILES string of the molecule is COc1cn(-c2cccc(C(F)(F)F)c2)nc1C(=O)Nc1nnc(C)s1. The summed E-state index contributed by atoms with van der Waals surface area (Å²) in [5.41, 5.74) is -0.762. The molecule has 0 fully saturated rings. The van der Waals surface area contributed by atoms with Gasteiger partial charge in [0.15, 0.2) is 11.4 Å². The Morgan fingerprint density at radius 1 is 1.31 bits per heavy atom. The first-order valence-corrected chi connectivity index (χ1v) is 8.02. The van der Waals surface area contributed by atoms with E-state index in [0.29, 0.717) is 5.01 Å². The number of carbonyl (C=O) groups excluding carboxylic acids is 1. The number of ether oxygens (including phenoxy) is 1. The average molecular weight is 383 g/mol. The molecule has 0 saturated carbocycles. The highest BCUT2D eigenvalue weighted by Crippen LogP contribution is 2.31. The van der Waals surface area contributed by atoms with E-state index in [9.17, 15) is 18.0 Å². The van der Waals surface area contributed by atoms with Crippen LogP contribution in [0.25, 0.3) is 5.69 Å². The molecule has 26 heavy (non-hydrogen) atoms. The summed E-state index contributed by atoms with van der Waals surface area (Å²) in [6.45, 7) is 1.73. The van der Waals surface area contributed by atoms with Gasteiger partial charge in [-0.05, 0) is 25.1 Å². The number of anilines is 1. The molecule has 0 saturated heterocycles. The van der Waals surface area contributed by atoms with Gasteiger partial charge >= 0.3 is 6.18 Å². The lowest BCUT2D eigenvalue weighted by Gasteiger charge is -2.08. The summed E-state index contributed by atoms with van der Waals surface area (Å²) in [4.78, 5) is 12.4. The normalized spacial score (nSPS) is 11.4. The van der Waals surface area contributed by atoms with E-state index in [1.807, 2.05) is 0 Å². The summed E-state index contributed by atoms with van der Waals surface area (Å²) in [6.07, 6.45) is -3.15. The molecule has 0 aliphatic rings. The molecular formula is C15H12F3N5O2S. The van der Waals surface area contributed by atoms with Gasteiger partial charge in [-0.1, -0.05) is 17.4 Å². The zero-order valence-corrected chi connectivity index (χ0v) is 14.4. The van der Waals surface area contributed by atoms with Crippen LogP contribution in [0.4, 0.5) is 18.3 Å². The summed E-state index contributed by atoms with van der Waals surface area (Å²) < 4.78 is 44.9. The van der Waals surface area contributed by atoms with Crippen LogP contribution in [-0.2, 0) is 6.18 Å². The number of alkyl halides is 3. The number of benzene rings is 1. The lowest BCUT2D eigenvalue weighted by atomic mass is 10.2. The zero-order valence-electron chi connectivity index (χ0n) is 13.5. The third-order valence-electron chi connectivity index (χ3n) is 3.30. The van der Waals surface area contributed by atoms with Gasteiger partial charge in [0.25, 0.3) is 5.91 Å². The number of nitrogens with zero attached hydrogens (tertiary/aromatic N) is 4. The molecule has 0 bridgehead atoms. The second kappa shape index (κ2) is 6.75. The van der Waals surface area contributed by atoms with Crippen molar-refractivity contribution < 1.29 is 22.7 Å². The molecule has 7 nitrogen and oxygen atoms in total. The van der Waals surface area contributed by atoms with Crippen LogP contribution >= 0.6 is 11.3 Å². The Bertz CT molecular complexity index is 951. The number of hydrogen-bond acceptors (Lipinski definition) is 6. The fourth-order valence-electron chi connectivity index (χ4n) is 2.13. The van der Waals surface area contributed by atoms with E-state index in [2.05, 4.69) is 20.6 Å². The molecule has 0 atom stereocenters. The summed E-state index contributed by atoms with van der Waals surface area (Å²) in [6, 6.07) is 4.59. The van der Waals surface area contributed by atoms with E-state index < -0.39 is 17.6 Å². The van der Waals surface area contributed by atoms with E-state index >= 15 is 0 Å². The van der Waals surface area contributed by atoms with E-state index in [1.165, 1.54) is 36.8 Å². The molecule has 0 unspecified atom stereocenters. The highest BCUT2D eigenvalue weighted by atomic mass is 32.1. The van der Waals surface area contributed by atoms with Gasteiger partial charge in [0.05, 0.1) is 24.6 Å². The first kappa shape index (κ1) is 17.9. The molecule has 2 heterocycles. The van der Waals surface area contributed by atoms with Gasteiger partial charge in [-0.3, -0.25) is 10.1 Å². The zero-order chi connectivity index (χ0) is 18.9. The van der Waals surface area contributed by atoms with Gasteiger partial charge in [-0.25, -0.2) is 4.68 Å². The minimum Gasteiger partial charge on any atom is -0.493 e. The van der Waals surface area contributed by atoms with Crippen molar-refractivity contribution in [3.8, 4) is 11.4 Å². The van der Waals surface area contributed by atoms with Crippen molar-refractivity contribution in [1.29, 1.82) is 0 Å². The maximum Gasteiger partial charge on any atom is 0.416 e. The molecule has 3 rings (SSSR count). The molecule has 2 aromatic heterocycles. The number of halogens is 3. The highest BCUT2D eigenvalue weighted by Gasteiger charge is 2.30. The Labute approximate surface area is 149 Å². The van der Waals surface area contributed by atoms with E-state index in [-0.39, 0.29) is 22.3 Å². The lowest BCUT2D eigenvalue weighted by molar-refractivity contribution is -0.137. The maximum absolute atomic E-state index is 12.9. The van der Waals surface area contributed by atoms with Crippen LogP contribution in [0.15, 0.2) is 30.5 Å². The average Bonchev–Trinajstić information content (AvgIpc) is 3.20. The second-order valence-corrected chi connectivity index (χ2v) is 6.30. The summed E-state index contributed by atoms with van der Waals surface area (Å²) in [7, 11) is 1.33. The lowest BCUT2D eigenvalue weighted by Crippen LogP contribution is -2.14. The molecule has 11 heteroatoms. The molecule has 3 aromatic rings. The highest BCUT2D eigenvalue weighted by molar-refractivity contribution is 7.15. The first-order valence-electron chi connectivity index (χ1n) is 7.20. The van der Waals surface area contributed by atoms with E-state index in [1.54, 1.807) is 6.92 Å². The van der Waals surface area contributed by atoms with Crippen LogP contribution in [0.2, 0.25) is 0 Å². The third kappa shape index (κ3) is 3.67. The van der Waals surface area contributed by atoms with Crippen molar-refractivity contribution in [2.45, 2.75) is 13.1 Å². The number of hydrogen-bond donors (Lipinski definition) is 1. The monoisotopic (exact) mass is 383 g/mol. The smallest absolute Gasteiger partial charge is 0.416 e. The van der Waals surface area contributed by atoms with Gasteiger partial charge in [0.2, 0.25) is 5.13 Å². The molecule has 0 radical (unpaired) electrons. The number of aromatic nitrogens is 4. The van der Waals surface area contributed by atoms with Gasteiger partial charge in [0, 0.05) is 0 Å². The Morgan fingerprint density at radius 2 is 2.08 bits per heavy atom. The van der Waals surface area contributed by atoms with Crippen molar-refractivity contribution >= 4 is 22.4 Å². The molecule has 136 valence electrons. The predicted molar refractivity (Wildman–Crippen MR) is 87.7 cm³/mol. The third-order valence-corrected chi connectivity index (χ3v) is 4.05. The van der Waals surface area contributed by atoms with Crippen molar-refractivity contribution in [3.63, 3.8) is 0 Å². The first-order chi connectivity index (χ1) is 12.3. The van der Waals surface area contributed by atoms with Gasteiger partial charge < -0.3 is 4.74 Å². The molecule has 0 spiro atoms. The molecule has 0 aliphatic carbocycles. The Kier molecular flexibility index (Phi) is 4.64. The summed E-state index contributed by atoms with van der Waals surface area (Å²) >= 11 is 1.18. The fraction of sp³-hybridized carbons (Fsp3) is 0.200. The van der Waals surface area contributed by atoms with E-state index in [4.69, 9.17) is 4.74 Å². The van der Waals surface area contributed by atoms with Crippen LogP contribution in [0.1, 0.15) is 21.1 Å². The molecule has 0 aliphatic heterocycles. The number of rotatable bonds is 4. The predicted octanol–water partition coefficient (Wildman–Crippen LogP) is 3.31. The van der Waals surface area contributed by atoms with Crippen molar-refractivity contribution in [3.05, 3.63) is 46.7 Å². The van der Waals surface area contributed by atoms with Gasteiger partial charge in [-0.2, -0.15) is 18.3 Å². The van der Waals surface area contributed by atoms with Crippen molar-refractivity contribution in [1.82, 2.24) is 20.0 Å². The van der Waals surface area contributed by atoms with Crippen molar-refractivity contribution in [2.24, 2.45) is 0 Å². The van der Waals surface area contributed by atoms with Crippen LogP contribution < -0.4 is 10.1 Å². The Balaban J connectivity index is 1.93. The van der Waals surface area contributed by atoms with Crippen LogP contribution in [0, 0.1) is 6.92 Å². The standard InChI is InChI=1S/C15H12F3N5O2S/c1-8-20-21-14(26-8)19-13(24)12-11(25-2)7-23(22-12)10-5-3-4-9(6-10)15(16,17)18/h3-7H,1-2H3,(H,19,21,24). The number of methoxy groups -OCH3 is 1. The molecule has 1 aromatic carbocycles. The van der Waals surface area contributed by atoms with E-state index in [0.717, 1.165) is 16.8 Å². The Morgan fingerprint density at radius 3 is 2.69 bits per heavy atom. The minimum absolute atomic E-state index is 0.0854.